The third-order valence-corrected chi connectivity index (χ3v) is 6.32. The Balaban J connectivity index is 1.45. The van der Waals surface area contributed by atoms with Crippen LogP contribution in [0.15, 0.2) is 53.1 Å². The maximum absolute atomic E-state index is 13.8. The van der Waals surface area contributed by atoms with Crippen LogP contribution in [-0.4, -0.2) is 65.1 Å². The molecule has 2 saturated heterocycles. The van der Waals surface area contributed by atoms with E-state index in [4.69, 9.17) is 14.1 Å². The fraction of sp³-hybridized carbons (Fsp3) is 0.440. The Kier molecular flexibility index (Phi) is 5.50. The molecule has 0 radical (unpaired) electrons. The standard InChI is InChI=1S/C25H29N3O3/c1-17-14-27(15-18(2)31-17)16-19-7-5-11-28(19)25(29)21-13-23(24-10-6-12-30-24)26-22-9-4-3-8-20(21)22/h3-4,6,8-10,12-13,17-19H,5,7,11,14-16H2,1-2H3. The first-order chi connectivity index (χ1) is 15.1. The maximum Gasteiger partial charge on any atom is 0.254 e. The van der Waals surface area contributed by atoms with Crippen molar-refractivity contribution in [1.29, 1.82) is 0 Å². The average molecular weight is 420 g/mol. The summed E-state index contributed by atoms with van der Waals surface area (Å²) in [7, 11) is 0. The number of benzene rings is 1. The van der Waals surface area contributed by atoms with Gasteiger partial charge in [0, 0.05) is 37.6 Å². The molecule has 2 aliphatic heterocycles. The Hall–Kier alpha value is -2.70. The number of aromatic nitrogens is 1. The van der Waals surface area contributed by atoms with Gasteiger partial charge in [-0.05, 0) is 51.0 Å². The monoisotopic (exact) mass is 419 g/mol. The third-order valence-electron chi connectivity index (χ3n) is 6.32. The predicted molar refractivity (Wildman–Crippen MR) is 120 cm³/mol. The lowest BCUT2D eigenvalue weighted by Gasteiger charge is -2.38. The molecule has 1 amide bonds. The normalized spacial score (nSPS) is 24.7. The number of rotatable bonds is 4. The molecule has 0 aliphatic carbocycles. The summed E-state index contributed by atoms with van der Waals surface area (Å²) in [6.45, 7) is 7.79. The first kappa shape index (κ1) is 20.2. The van der Waals surface area contributed by atoms with Crippen molar-refractivity contribution in [3.63, 3.8) is 0 Å². The minimum Gasteiger partial charge on any atom is -0.463 e. The van der Waals surface area contributed by atoms with E-state index in [0.717, 1.165) is 49.9 Å². The highest BCUT2D eigenvalue weighted by Crippen LogP contribution is 2.29. The van der Waals surface area contributed by atoms with Crippen LogP contribution in [0.4, 0.5) is 0 Å². The van der Waals surface area contributed by atoms with Gasteiger partial charge in [-0.3, -0.25) is 9.69 Å². The van der Waals surface area contributed by atoms with Crippen molar-refractivity contribution in [2.45, 2.75) is 44.9 Å². The highest BCUT2D eigenvalue weighted by molar-refractivity contribution is 6.07. The van der Waals surface area contributed by atoms with Gasteiger partial charge in [0.15, 0.2) is 5.76 Å². The lowest BCUT2D eigenvalue weighted by atomic mass is 10.0. The van der Waals surface area contributed by atoms with E-state index in [0.29, 0.717) is 17.0 Å². The second kappa shape index (κ2) is 8.44. The van der Waals surface area contributed by atoms with Crippen LogP contribution in [0.25, 0.3) is 22.4 Å². The number of para-hydroxylation sites is 1. The number of amides is 1. The number of fused-ring (bicyclic) bond motifs is 1. The molecule has 2 aromatic heterocycles. The lowest BCUT2D eigenvalue weighted by Crippen LogP contribution is -2.50. The smallest absolute Gasteiger partial charge is 0.254 e. The summed E-state index contributed by atoms with van der Waals surface area (Å²) in [5.41, 5.74) is 2.21. The Morgan fingerprint density at radius 3 is 2.71 bits per heavy atom. The number of carbonyl (C=O) groups excluding carboxylic acids is 1. The third kappa shape index (κ3) is 4.10. The van der Waals surface area contributed by atoms with Crippen molar-refractivity contribution in [3.05, 3.63) is 54.3 Å². The summed E-state index contributed by atoms with van der Waals surface area (Å²) in [6, 6.07) is 13.7. The molecule has 6 heteroatoms. The Morgan fingerprint density at radius 2 is 1.94 bits per heavy atom. The molecular formula is C25H29N3O3. The molecule has 31 heavy (non-hydrogen) atoms. The van der Waals surface area contributed by atoms with Gasteiger partial charge >= 0.3 is 0 Å². The van der Waals surface area contributed by atoms with Crippen molar-refractivity contribution in [1.82, 2.24) is 14.8 Å². The Morgan fingerprint density at radius 1 is 1.13 bits per heavy atom. The van der Waals surface area contributed by atoms with Crippen LogP contribution >= 0.6 is 0 Å². The van der Waals surface area contributed by atoms with Crippen molar-refractivity contribution in [3.8, 4) is 11.5 Å². The van der Waals surface area contributed by atoms with Gasteiger partial charge in [-0.15, -0.1) is 0 Å². The first-order valence-electron chi connectivity index (χ1n) is 11.2. The number of morpholine rings is 1. The maximum atomic E-state index is 13.8. The summed E-state index contributed by atoms with van der Waals surface area (Å²) in [5, 5.41) is 0.891. The zero-order valence-corrected chi connectivity index (χ0v) is 18.2. The highest BCUT2D eigenvalue weighted by atomic mass is 16.5. The summed E-state index contributed by atoms with van der Waals surface area (Å²) in [5.74, 6) is 0.761. The molecule has 5 rings (SSSR count). The van der Waals surface area contributed by atoms with E-state index < -0.39 is 0 Å². The minimum absolute atomic E-state index is 0.0864. The summed E-state index contributed by atoms with van der Waals surface area (Å²) in [6.07, 6.45) is 4.18. The summed E-state index contributed by atoms with van der Waals surface area (Å²) >= 11 is 0. The van der Waals surface area contributed by atoms with E-state index in [9.17, 15) is 4.79 Å². The largest absolute Gasteiger partial charge is 0.463 e. The van der Waals surface area contributed by atoms with Gasteiger partial charge in [-0.2, -0.15) is 0 Å². The Labute approximate surface area is 182 Å². The number of nitrogens with zero attached hydrogens (tertiary/aromatic N) is 3. The van der Waals surface area contributed by atoms with E-state index in [-0.39, 0.29) is 24.2 Å². The highest BCUT2D eigenvalue weighted by Gasteiger charge is 2.33. The van der Waals surface area contributed by atoms with Gasteiger partial charge in [-0.25, -0.2) is 4.98 Å². The number of likely N-dealkylation sites (tertiary alicyclic amines) is 1. The topological polar surface area (TPSA) is 58.8 Å². The van der Waals surface area contributed by atoms with E-state index in [2.05, 4.69) is 23.6 Å². The molecule has 0 N–H and O–H groups in total. The number of carbonyl (C=O) groups is 1. The van der Waals surface area contributed by atoms with Crippen molar-refractivity contribution >= 4 is 16.8 Å². The molecule has 3 unspecified atom stereocenters. The molecule has 3 aromatic rings. The molecule has 2 aliphatic rings. The van der Waals surface area contributed by atoms with Gasteiger partial charge in [0.2, 0.25) is 0 Å². The van der Waals surface area contributed by atoms with Crippen LogP contribution in [0.1, 0.15) is 37.0 Å². The quantitative estimate of drug-likeness (QED) is 0.634. The van der Waals surface area contributed by atoms with E-state index in [1.165, 1.54) is 0 Å². The Bertz CT molecular complexity index is 1060. The zero-order chi connectivity index (χ0) is 21.4. The van der Waals surface area contributed by atoms with Crippen LogP contribution in [0.2, 0.25) is 0 Å². The fourth-order valence-electron chi connectivity index (χ4n) is 5.08. The lowest BCUT2D eigenvalue weighted by molar-refractivity contribution is -0.0715. The second-order valence-corrected chi connectivity index (χ2v) is 8.82. The number of ether oxygens (including phenoxy) is 1. The predicted octanol–water partition coefficient (Wildman–Crippen LogP) is 4.21. The van der Waals surface area contributed by atoms with Crippen LogP contribution in [0, 0.1) is 0 Å². The number of furan rings is 1. The number of hydrogen-bond acceptors (Lipinski definition) is 5. The zero-order valence-electron chi connectivity index (χ0n) is 18.2. The number of hydrogen-bond donors (Lipinski definition) is 0. The number of pyridine rings is 1. The second-order valence-electron chi connectivity index (χ2n) is 8.82. The molecule has 4 heterocycles. The molecule has 0 spiro atoms. The van der Waals surface area contributed by atoms with E-state index in [1.807, 2.05) is 42.5 Å². The molecule has 0 saturated carbocycles. The fourth-order valence-corrected chi connectivity index (χ4v) is 5.08. The molecule has 6 nitrogen and oxygen atoms in total. The SMILES string of the molecule is CC1CN(CC2CCCN2C(=O)c2cc(-c3ccco3)nc3ccccc23)CC(C)O1. The van der Waals surface area contributed by atoms with Crippen LogP contribution in [-0.2, 0) is 4.74 Å². The van der Waals surface area contributed by atoms with Gasteiger partial charge in [0.25, 0.3) is 5.91 Å². The summed E-state index contributed by atoms with van der Waals surface area (Å²) < 4.78 is 11.4. The molecule has 2 fully saturated rings. The summed E-state index contributed by atoms with van der Waals surface area (Å²) in [4.78, 5) is 23.0. The first-order valence-corrected chi connectivity index (χ1v) is 11.2. The van der Waals surface area contributed by atoms with Crippen molar-refractivity contribution < 1.29 is 13.9 Å². The molecule has 0 bridgehead atoms. The van der Waals surface area contributed by atoms with Gasteiger partial charge in [-0.1, -0.05) is 18.2 Å². The van der Waals surface area contributed by atoms with Crippen LogP contribution < -0.4 is 0 Å². The molecule has 162 valence electrons. The minimum atomic E-state index is 0.0864. The van der Waals surface area contributed by atoms with Gasteiger partial charge in [0.05, 0.1) is 29.6 Å². The molecule has 3 atom stereocenters. The van der Waals surface area contributed by atoms with Gasteiger partial charge < -0.3 is 14.1 Å². The molecule has 1 aromatic carbocycles. The van der Waals surface area contributed by atoms with Gasteiger partial charge in [0.1, 0.15) is 5.69 Å². The van der Waals surface area contributed by atoms with Crippen LogP contribution in [0.3, 0.4) is 0 Å². The average Bonchev–Trinajstić information content (AvgIpc) is 3.44. The van der Waals surface area contributed by atoms with E-state index >= 15 is 0 Å². The van der Waals surface area contributed by atoms with E-state index in [1.54, 1.807) is 6.26 Å². The van der Waals surface area contributed by atoms with Crippen molar-refractivity contribution in [2.24, 2.45) is 0 Å². The van der Waals surface area contributed by atoms with Crippen LogP contribution in [0.5, 0.6) is 0 Å². The van der Waals surface area contributed by atoms with Crippen molar-refractivity contribution in [2.75, 3.05) is 26.2 Å². The molecular weight excluding hydrogens is 390 g/mol.